The number of rotatable bonds is 11. The Kier molecular flexibility index (Phi) is 9.13. The number of nitrogens with zero attached hydrogens (tertiary/aromatic N) is 1. The summed E-state index contributed by atoms with van der Waals surface area (Å²) in [5, 5.41) is 3.12. The maximum atomic E-state index is 12.7. The van der Waals surface area contributed by atoms with Crippen molar-refractivity contribution in [2.24, 2.45) is 5.92 Å². The number of sulfonamides is 1. The molecule has 2 aromatic carbocycles. The van der Waals surface area contributed by atoms with Crippen molar-refractivity contribution < 1.29 is 17.9 Å². The number of anilines is 1. The van der Waals surface area contributed by atoms with Crippen molar-refractivity contribution in [2.75, 3.05) is 24.2 Å². The van der Waals surface area contributed by atoms with Gasteiger partial charge in [0.05, 0.1) is 25.1 Å². The molecule has 1 amide bonds. The summed E-state index contributed by atoms with van der Waals surface area (Å²) in [6.07, 6.45) is 2.70. The summed E-state index contributed by atoms with van der Waals surface area (Å²) in [7, 11) is -1.82. The van der Waals surface area contributed by atoms with Crippen LogP contribution in [0.5, 0.6) is 5.75 Å². The summed E-state index contributed by atoms with van der Waals surface area (Å²) in [5.41, 5.74) is 3.67. The van der Waals surface area contributed by atoms with Gasteiger partial charge in [-0.2, -0.15) is 0 Å². The van der Waals surface area contributed by atoms with Gasteiger partial charge in [-0.15, -0.1) is 0 Å². The fourth-order valence-electron chi connectivity index (χ4n) is 3.82. The molecule has 0 bridgehead atoms. The molecule has 0 aliphatic carbocycles. The second-order valence-electron chi connectivity index (χ2n) is 8.81. The van der Waals surface area contributed by atoms with Crippen LogP contribution in [0.15, 0.2) is 42.5 Å². The first kappa shape index (κ1) is 25.7. The van der Waals surface area contributed by atoms with E-state index in [1.165, 1.54) is 10.6 Å². The number of hydrogen-bond donors (Lipinski definition) is 1. The predicted molar refractivity (Wildman–Crippen MR) is 131 cm³/mol. The molecule has 32 heavy (non-hydrogen) atoms. The van der Waals surface area contributed by atoms with Crippen LogP contribution in [0, 0.1) is 19.8 Å². The predicted octanol–water partition coefficient (Wildman–Crippen LogP) is 4.76. The van der Waals surface area contributed by atoms with E-state index in [1.807, 2.05) is 56.3 Å². The van der Waals surface area contributed by atoms with Crippen molar-refractivity contribution in [1.29, 1.82) is 0 Å². The first-order valence-corrected chi connectivity index (χ1v) is 12.8. The van der Waals surface area contributed by atoms with Crippen LogP contribution in [-0.4, -0.2) is 34.2 Å². The van der Waals surface area contributed by atoms with Gasteiger partial charge in [-0.25, -0.2) is 8.42 Å². The summed E-state index contributed by atoms with van der Waals surface area (Å²) in [4.78, 5) is 12.7. The zero-order valence-corrected chi connectivity index (χ0v) is 20.8. The smallest absolute Gasteiger partial charge is 0.232 e. The molecule has 7 heteroatoms. The van der Waals surface area contributed by atoms with Crippen LogP contribution >= 0.6 is 0 Å². The minimum absolute atomic E-state index is 0.0830. The lowest BCUT2D eigenvalue weighted by molar-refractivity contribution is -0.122. The zero-order chi connectivity index (χ0) is 23.9. The van der Waals surface area contributed by atoms with Crippen LogP contribution in [0.2, 0.25) is 0 Å². The van der Waals surface area contributed by atoms with Crippen molar-refractivity contribution in [3.63, 3.8) is 0 Å². The minimum Gasteiger partial charge on any atom is -0.497 e. The Balaban J connectivity index is 2.04. The Morgan fingerprint density at radius 1 is 1.06 bits per heavy atom. The summed E-state index contributed by atoms with van der Waals surface area (Å²) >= 11 is 0. The van der Waals surface area contributed by atoms with Crippen LogP contribution in [0.4, 0.5) is 5.69 Å². The number of carbonyl (C=O) groups is 1. The first-order chi connectivity index (χ1) is 15.0. The maximum absolute atomic E-state index is 12.7. The molecule has 0 spiro atoms. The standard InChI is InChI=1S/C25H36N2O4S/c1-18(2)14-24(21-9-11-23(31-5)12-10-21)26-25(28)8-7-13-27(32(6,29)30)22-16-19(3)15-20(4)17-22/h9-12,15-18,24H,7-8,13-14H2,1-6H3,(H,26,28)/t24-/m0/s1. The van der Waals surface area contributed by atoms with Crippen LogP contribution in [-0.2, 0) is 14.8 Å². The topological polar surface area (TPSA) is 75.7 Å². The number of benzene rings is 2. The lowest BCUT2D eigenvalue weighted by atomic mass is 9.96. The SMILES string of the molecule is COc1ccc([C@H](CC(C)C)NC(=O)CCCN(c2cc(C)cc(C)c2)S(C)(=O)=O)cc1. The highest BCUT2D eigenvalue weighted by Gasteiger charge is 2.20. The average Bonchev–Trinajstić information content (AvgIpc) is 2.68. The van der Waals surface area contributed by atoms with E-state index in [0.29, 0.717) is 18.0 Å². The number of amides is 1. The number of nitrogens with one attached hydrogen (secondary N) is 1. The molecule has 0 aliphatic rings. The summed E-state index contributed by atoms with van der Waals surface area (Å²) in [5.74, 6) is 1.10. The second kappa shape index (κ2) is 11.4. The van der Waals surface area contributed by atoms with Gasteiger partial charge in [0, 0.05) is 13.0 Å². The molecule has 0 aromatic heterocycles. The number of carbonyl (C=O) groups excluding carboxylic acids is 1. The Labute approximate surface area is 193 Å². The molecule has 0 unspecified atom stereocenters. The second-order valence-corrected chi connectivity index (χ2v) is 10.7. The van der Waals surface area contributed by atoms with Crippen LogP contribution in [0.1, 0.15) is 55.8 Å². The van der Waals surface area contributed by atoms with E-state index in [1.54, 1.807) is 7.11 Å². The minimum atomic E-state index is -3.45. The molecule has 0 aliphatic heterocycles. The fraction of sp³-hybridized carbons (Fsp3) is 0.480. The molecule has 176 valence electrons. The molecule has 2 aromatic rings. The molecule has 6 nitrogen and oxygen atoms in total. The van der Waals surface area contributed by atoms with E-state index >= 15 is 0 Å². The Morgan fingerprint density at radius 2 is 1.66 bits per heavy atom. The van der Waals surface area contributed by atoms with Crippen molar-refractivity contribution >= 4 is 21.6 Å². The fourth-order valence-corrected chi connectivity index (χ4v) is 4.77. The lowest BCUT2D eigenvalue weighted by Crippen LogP contribution is -2.33. The lowest BCUT2D eigenvalue weighted by Gasteiger charge is -2.24. The Morgan fingerprint density at radius 3 is 2.16 bits per heavy atom. The Hall–Kier alpha value is -2.54. The van der Waals surface area contributed by atoms with Gasteiger partial charge in [0.1, 0.15) is 5.75 Å². The first-order valence-electron chi connectivity index (χ1n) is 11.0. The van der Waals surface area contributed by atoms with E-state index in [-0.39, 0.29) is 24.9 Å². The average molecular weight is 461 g/mol. The highest BCUT2D eigenvalue weighted by molar-refractivity contribution is 7.92. The van der Waals surface area contributed by atoms with Crippen molar-refractivity contribution in [2.45, 2.75) is 53.0 Å². The number of hydrogen-bond acceptors (Lipinski definition) is 4. The van der Waals surface area contributed by atoms with Crippen LogP contribution in [0.3, 0.4) is 0 Å². The number of ether oxygens (including phenoxy) is 1. The van der Waals surface area contributed by atoms with Gasteiger partial charge in [0.2, 0.25) is 15.9 Å². The van der Waals surface area contributed by atoms with Gasteiger partial charge >= 0.3 is 0 Å². The molecule has 0 radical (unpaired) electrons. The van der Waals surface area contributed by atoms with Gasteiger partial charge < -0.3 is 10.1 Å². The normalized spacial score (nSPS) is 12.5. The molecule has 2 rings (SSSR count). The number of aryl methyl sites for hydroxylation is 2. The molecular formula is C25H36N2O4S. The molecule has 0 heterocycles. The third-order valence-electron chi connectivity index (χ3n) is 5.22. The van der Waals surface area contributed by atoms with Crippen molar-refractivity contribution in [3.8, 4) is 5.75 Å². The third kappa shape index (κ3) is 7.86. The molecule has 0 saturated heterocycles. The van der Waals surface area contributed by atoms with E-state index in [4.69, 9.17) is 4.74 Å². The largest absolute Gasteiger partial charge is 0.497 e. The monoisotopic (exact) mass is 460 g/mol. The van der Waals surface area contributed by atoms with Crippen molar-refractivity contribution in [1.82, 2.24) is 5.32 Å². The highest BCUT2D eigenvalue weighted by Crippen LogP contribution is 2.25. The summed E-state index contributed by atoms with van der Waals surface area (Å²) in [6, 6.07) is 13.3. The number of methoxy groups -OCH3 is 1. The third-order valence-corrected chi connectivity index (χ3v) is 6.41. The van der Waals surface area contributed by atoms with E-state index in [9.17, 15) is 13.2 Å². The summed E-state index contributed by atoms with van der Waals surface area (Å²) in [6.45, 7) is 8.39. The zero-order valence-electron chi connectivity index (χ0n) is 20.0. The summed E-state index contributed by atoms with van der Waals surface area (Å²) < 4.78 is 31.4. The molecular weight excluding hydrogens is 424 g/mol. The van der Waals surface area contributed by atoms with Gasteiger partial charge in [-0.3, -0.25) is 9.10 Å². The van der Waals surface area contributed by atoms with Gasteiger partial charge in [0.15, 0.2) is 0 Å². The van der Waals surface area contributed by atoms with E-state index < -0.39 is 10.0 Å². The highest BCUT2D eigenvalue weighted by atomic mass is 32.2. The van der Waals surface area contributed by atoms with Crippen LogP contribution in [0.25, 0.3) is 0 Å². The van der Waals surface area contributed by atoms with E-state index in [0.717, 1.165) is 28.9 Å². The molecule has 1 atom stereocenters. The maximum Gasteiger partial charge on any atom is 0.232 e. The van der Waals surface area contributed by atoms with Gasteiger partial charge in [-0.05, 0) is 73.6 Å². The molecule has 0 saturated carbocycles. The molecule has 0 fully saturated rings. The van der Waals surface area contributed by atoms with Gasteiger partial charge in [-0.1, -0.05) is 32.0 Å². The van der Waals surface area contributed by atoms with Crippen LogP contribution < -0.4 is 14.4 Å². The van der Waals surface area contributed by atoms with Crippen molar-refractivity contribution in [3.05, 3.63) is 59.2 Å². The van der Waals surface area contributed by atoms with Gasteiger partial charge in [0.25, 0.3) is 0 Å². The Bertz CT molecular complexity index is 981. The molecule has 1 N–H and O–H groups in total. The van der Waals surface area contributed by atoms with E-state index in [2.05, 4.69) is 19.2 Å². The quantitative estimate of drug-likeness (QED) is 0.524.